The Hall–Kier alpha value is -0.920. The molecule has 7 heteroatoms. The van der Waals surface area contributed by atoms with E-state index in [9.17, 15) is 16.8 Å². The molecule has 1 aromatic carbocycles. The highest BCUT2D eigenvalue weighted by Crippen LogP contribution is 2.23. The second kappa shape index (κ2) is 5.13. The largest absolute Gasteiger partial charge is 0.241 e. The van der Waals surface area contributed by atoms with Crippen LogP contribution in [0.15, 0.2) is 17.0 Å². The van der Waals surface area contributed by atoms with Gasteiger partial charge in [0.1, 0.15) is 0 Å². The van der Waals surface area contributed by atoms with E-state index in [1.165, 1.54) is 0 Å². The summed E-state index contributed by atoms with van der Waals surface area (Å²) in [6, 6.07) is 3.10. The summed E-state index contributed by atoms with van der Waals surface area (Å²) >= 11 is 0. The lowest BCUT2D eigenvalue weighted by Gasteiger charge is -2.16. The fourth-order valence-electron chi connectivity index (χ4n) is 2.76. The molecular formula is C13H19NO4S2. The van der Waals surface area contributed by atoms with Crippen LogP contribution in [0.25, 0.3) is 0 Å². The first-order valence-electron chi connectivity index (χ1n) is 6.41. The van der Waals surface area contributed by atoms with E-state index in [1.54, 1.807) is 13.8 Å². The summed E-state index contributed by atoms with van der Waals surface area (Å²) in [7, 11) is -6.79. The first-order chi connectivity index (χ1) is 9.11. The van der Waals surface area contributed by atoms with Gasteiger partial charge in [-0.3, -0.25) is 0 Å². The van der Waals surface area contributed by atoms with Gasteiger partial charge in [0.25, 0.3) is 0 Å². The van der Waals surface area contributed by atoms with Crippen LogP contribution in [0, 0.1) is 20.8 Å². The SMILES string of the molecule is Cc1cc(C)c(S(=O)(=O)N[C@H]2CCS(=O)(=O)C2)c(C)c1. The number of aryl methyl sites for hydroxylation is 3. The molecule has 1 aliphatic heterocycles. The average molecular weight is 317 g/mol. The van der Waals surface area contributed by atoms with Gasteiger partial charge in [-0.25, -0.2) is 21.6 Å². The molecule has 1 saturated heterocycles. The van der Waals surface area contributed by atoms with E-state index in [0.29, 0.717) is 17.5 Å². The van der Waals surface area contributed by atoms with Crippen LogP contribution in [0.2, 0.25) is 0 Å². The topological polar surface area (TPSA) is 80.3 Å². The smallest absolute Gasteiger partial charge is 0.229 e. The lowest BCUT2D eigenvalue weighted by Crippen LogP contribution is -2.36. The number of hydrogen-bond donors (Lipinski definition) is 1. The van der Waals surface area contributed by atoms with Crippen molar-refractivity contribution in [3.8, 4) is 0 Å². The molecule has 1 N–H and O–H groups in total. The van der Waals surface area contributed by atoms with E-state index in [-0.39, 0.29) is 16.4 Å². The summed E-state index contributed by atoms with van der Waals surface area (Å²) in [5.74, 6) is -0.0672. The Morgan fingerprint density at radius 1 is 1.15 bits per heavy atom. The number of sulfone groups is 1. The molecule has 2 rings (SSSR count). The van der Waals surface area contributed by atoms with Crippen molar-refractivity contribution in [1.29, 1.82) is 0 Å². The van der Waals surface area contributed by atoms with Gasteiger partial charge in [-0.05, 0) is 38.3 Å². The van der Waals surface area contributed by atoms with Crippen LogP contribution < -0.4 is 4.72 Å². The molecule has 0 spiro atoms. The fourth-order valence-corrected chi connectivity index (χ4v) is 6.26. The fraction of sp³-hybridized carbons (Fsp3) is 0.538. The van der Waals surface area contributed by atoms with Gasteiger partial charge in [0.15, 0.2) is 9.84 Å². The number of hydrogen-bond acceptors (Lipinski definition) is 4. The zero-order valence-electron chi connectivity index (χ0n) is 11.8. The molecule has 0 aliphatic carbocycles. The summed E-state index contributed by atoms with van der Waals surface area (Å²) < 4.78 is 50.2. The lowest BCUT2D eigenvalue weighted by atomic mass is 10.1. The molecule has 112 valence electrons. The first kappa shape index (κ1) is 15.5. The van der Waals surface area contributed by atoms with Gasteiger partial charge in [0.05, 0.1) is 16.4 Å². The Morgan fingerprint density at radius 2 is 1.70 bits per heavy atom. The lowest BCUT2D eigenvalue weighted by molar-refractivity contribution is 0.561. The van der Waals surface area contributed by atoms with E-state index < -0.39 is 25.9 Å². The second-order valence-corrected chi connectivity index (χ2v) is 9.33. The molecule has 0 unspecified atom stereocenters. The Bertz CT molecular complexity index is 713. The van der Waals surface area contributed by atoms with E-state index in [4.69, 9.17) is 0 Å². The zero-order valence-corrected chi connectivity index (χ0v) is 13.4. The van der Waals surface area contributed by atoms with E-state index in [0.717, 1.165) is 5.56 Å². The van der Waals surface area contributed by atoms with Crippen molar-refractivity contribution in [2.24, 2.45) is 0 Å². The van der Waals surface area contributed by atoms with Crippen molar-refractivity contribution in [2.45, 2.75) is 38.1 Å². The Kier molecular flexibility index (Phi) is 3.96. The molecule has 0 radical (unpaired) electrons. The average Bonchev–Trinajstić information content (AvgIpc) is 2.54. The Balaban J connectivity index is 2.33. The minimum Gasteiger partial charge on any atom is -0.229 e. The van der Waals surface area contributed by atoms with Gasteiger partial charge >= 0.3 is 0 Å². The third-order valence-electron chi connectivity index (χ3n) is 3.43. The number of rotatable bonds is 3. The molecule has 0 aromatic heterocycles. The molecule has 0 saturated carbocycles. The van der Waals surface area contributed by atoms with Crippen molar-refractivity contribution in [3.05, 3.63) is 28.8 Å². The van der Waals surface area contributed by atoms with Crippen molar-refractivity contribution in [3.63, 3.8) is 0 Å². The van der Waals surface area contributed by atoms with Crippen LogP contribution in [0.4, 0.5) is 0 Å². The van der Waals surface area contributed by atoms with Gasteiger partial charge in [-0.15, -0.1) is 0 Å². The van der Waals surface area contributed by atoms with Crippen molar-refractivity contribution in [1.82, 2.24) is 4.72 Å². The molecule has 1 aliphatic rings. The number of nitrogens with one attached hydrogen (secondary N) is 1. The maximum Gasteiger partial charge on any atom is 0.241 e. The van der Waals surface area contributed by atoms with Gasteiger partial charge < -0.3 is 0 Å². The molecule has 1 heterocycles. The molecule has 0 amide bonds. The highest BCUT2D eigenvalue weighted by molar-refractivity contribution is 7.92. The monoisotopic (exact) mass is 317 g/mol. The Morgan fingerprint density at radius 3 is 2.15 bits per heavy atom. The summed E-state index contributed by atoms with van der Waals surface area (Å²) in [4.78, 5) is 0.257. The molecule has 20 heavy (non-hydrogen) atoms. The number of sulfonamides is 1. The van der Waals surface area contributed by atoms with E-state index in [1.807, 2.05) is 19.1 Å². The maximum atomic E-state index is 12.4. The number of benzene rings is 1. The zero-order chi connectivity index (χ0) is 15.1. The summed E-state index contributed by atoms with van der Waals surface area (Å²) in [5, 5.41) is 0. The highest BCUT2D eigenvalue weighted by Gasteiger charge is 2.32. The third-order valence-corrected chi connectivity index (χ3v) is 7.02. The van der Waals surface area contributed by atoms with Crippen LogP contribution in [-0.2, 0) is 19.9 Å². The van der Waals surface area contributed by atoms with Crippen molar-refractivity contribution < 1.29 is 16.8 Å². The second-order valence-electron chi connectivity index (χ2n) is 5.45. The molecular weight excluding hydrogens is 298 g/mol. The van der Waals surface area contributed by atoms with Crippen LogP contribution in [0.3, 0.4) is 0 Å². The van der Waals surface area contributed by atoms with Crippen molar-refractivity contribution in [2.75, 3.05) is 11.5 Å². The minimum absolute atomic E-state index is 0.0477. The van der Waals surface area contributed by atoms with Crippen molar-refractivity contribution >= 4 is 19.9 Å². The summed E-state index contributed by atoms with van der Waals surface area (Å²) in [6.07, 6.45) is 0.339. The van der Waals surface area contributed by atoms with E-state index in [2.05, 4.69) is 4.72 Å². The molecule has 1 atom stereocenters. The first-order valence-corrected chi connectivity index (χ1v) is 9.72. The van der Waals surface area contributed by atoms with Gasteiger partial charge in [-0.2, -0.15) is 0 Å². The predicted molar refractivity (Wildman–Crippen MR) is 78.0 cm³/mol. The van der Waals surface area contributed by atoms with E-state index >= 15 is 0 Å². The quantitative estimate of drug-likeness (QED) is 0.904. The normalized spacial score (nSPS) is 22.1. The standard InChI is InChI=1S/C13H19NO4S2/c1-9-6-10(2)13(11(3)7-9)20(17,18)14-12-4-5-19(15,16)8-12/h6-7,12,14H,4-5,8H2,1-3H3/t12-/m0/s1. The van der Waals surface area contributed by atoms with Gasteiger partial charge in [0, 0.05) is 6.04 Å². The predicted octanol–water partition coefficient (Wildman–Crippen LogP) is 1.08. The van der Waals surface area contributed by atoms with Crippen LogP contribution >= 0.6 is 0 Å². The molecule has 0 bridgehead atoms. The summed E-state index contributed by atoms with van der Waals surface area (Å²) in [5.41, 5.74) is 2.36. The third kappa shape index (κ3) is 3.21. The van der Waals surface area contributed by atoms with Gasteiger partial charge in [0.2, 0.25) is 10.0 Å². The van der Waals surface area contributed by atoms with Crippen LogP contribution in [0.5, 0.6) is 0 Å². The van der Waals surface area contributed by atoms with Gasteiger partial charge in [-0.1, -0.05) is 17.7 Å². The van der Waals surface area contributed by atoms with Crippen LogP contribution in [0.1, 0.15) is 23.1 Å². The minimum atomic E-state index is -3.69. The Labute approximate surface area is 120 Å². The van der Waals surface area contributed by atoms with Crippen LogP contribution in [-0.4, -0.2) is 34.4 Å². The highest BCUT2D eigenvalue weighted by atomic mass is 32.2. The molecule has 1 aromatic rings. The maximum absolute atomic E-state index is 12.4. The molecule has 5 nitrogen and oxygen atoms in total. The summed E-state index contributed by atoms with van der Waals surface area (Å²) in [6.45, 7) is 5.41. The molecule has 1 fully saturated rings.